The molecule has 0 aliphatic carbocycles. The monoisotopic (exact) mass is 485 g/mol. The number of anilines is 1. The van der Waals surface area contributed by atoms with E-state index in [1.807, 2.05) is 54.6 Å². The van der Waals surface area contributed by atoms with Crippen LogP contribution in [0.4, 0.5) is 5.69 Å². The fourth-order valence-corrected chi connectivity index (χ4v) is 3.79. The van der Waals surface area contributed by atoms with E-state index < -0.39 is 5.97 Å². The van der Waals surface area contributed by atoms with E-state index in [2.05, 4.69) is 5.32 Å². The van der Waals surface area contributed by atoms with E-state index in [4.69, 9.17) is 19.3 Å². The quantitative estimate of drug-likeness (QED) is 0.332. The van der Waals surface area contributed by atoms with Gasteiger partial charge in [0.15, 0.2) is 11.5 Å². The SMILES string of the molecule is CCC(=O)Nc1ccc(-c2c(-c3ccc(OC)c(OC)c3)nn(-c3ccccc3)c2OC(C)=O)cc1. The molecule has 36 heavy (non-hydrogen) atoms. The van der Waals surface area contributed by atoms with Gasteiger partial charge in [0.2, 0.25) is 11.8 Å². The molecule has 1 aromatic heterocycles. The number of rotatable bonds is 8. The van der Waals surface area contributed by atoms with Crippen LogP contribution in [0.25, 0.3) is 28.1 Å². The van der Waals surface area contributed by atoms with Gasteiger partial charge in [-0.15, -0.1) is 0 Å². The molecule has 0 bridgehead atoms. The topological polar surface area (TPSA) is 91.7 Å². The Morgan fingerprint density at radius 3 is 2.17 bits per heavy atom. The van der Waals surface area contributed by atoms with Gasteiger partial charge in [0.05, 0.1) is 25.5 Å². The van der Waals surface area contributed by atoms with E-state index in [9.17, 15) is 9.59 Å². The third-order valence-electron chi connectivity index (χ3n) is 5.52. The lowest BCUT2D eigenvalue weighted by Crippen LogP contribution is -2.09. The molecule has 4 rings (SSSR count). The number of methoxy groups -OCH3 is 2. The Hall–Kier alpha value is -4.59. The van der Waals surface area contributed by atoms with Gasteiger partial charge in [0.1, 0.15) is 5.69 Å². The van der Waals surface area contributed by atoms with Gasteiger partial charge in [-0.1, -0.05) is 37.3 Å². The van der Waals surface area contributed by atoms with Gasteiger partial charge in [-0.2, -0.15) is 9.78 Å². The minimum Gasteiger partial charge on any atom is -0.493 e. The van der Waals surface area contributed by atoms with Crippen LogP contribution in [-0.2, 0) is 9.59 Å². The summed E-state index contributed by atoms with van der Waals surface area (Å²) in [4.78, 5) is 24.0. The van der Waals surface area contributed by atoms with Crippen LogP contribution >= 0.6 is 0 Å². The maximum absolute atomic E-state index is 12.2. The molecule has 0 spiro atoms. The minimum absolute atomic E-state index is 0.0775. The molecule has 1 N–H and O–H groups in total. The Balaban J connectivity index is 1.95. The summed E-state index contributed by atoms with van der Waals surface area (Å²) in [5.74, 6) is 0.859. The number of benzene rings is 3. The molecule has 0 saturated heterocycles. The number of carbonyl (C=O) groups is 2. The van der Waals surface area contributed by atoms with Crippen molar-refractivity contribution < 1.29 is 23.8 Å². The Labute approximate surface area is 209 Å². The molecule has 0 radical (unpaired) electrons. The molecule has 8 heteroatoms. The maximum atomic E-state index is 12.2. The summed E-state index contributed by atoms with van der Waals surface area (Å²) >= 11 is 0. The third-order valence-corrected chi connectivity index (χ3v) is 5.52. The molecule has 0 saturated carbocycles. The molecule has 3 aromatic carbocycles. The smallest absolute Gasteiger partial charge is 0.309 e. The zero-order chi connectivity index (χ0) is 25.7. The van der Waals surface area contributed by atoms with Crippen molar-refractivity contribution in [3.05, 3.63) is 72.8 Å². The molecule has 184 valence electrons. The van der Waals surface area contributed by atoms with Crippen LogP contribution in [0.1, 0.15) is 20.3 Å². The van der Waals surface area contributed by atoms with Gasteiger partial charge in [0, 0.05) is 24.6 Å². The largest absolute Gasteiger partial charge is 0.493 e. The van der Waals surface area contributed by atoms with Crippen molar-refractivity contribution in [2.45, 2.75) is 20.3 Å². The normalized spacial score (nSPS) is 10.6. The Morgan fingerprint density at radius 1 is 0.889 bits per heavy atom. The summed E-state index contributed by atoms with van der Waals surface area (Å²) in [6.07, 6.45) is 0.381. The number of hydrogen-bond donors (Lipinski definition) is 1. The zero-order valence-electron chi connectivity index (χ0n) is 20.6. The Kier molecular flexibility index (Phi) is 7.34. The highest BCUT2D eigenvalue weighted by Crippen LogP contribution is 2.43. The molecule has 1 heterocycles. The molecule has 8 nitrogen and oxygen atoms in total. The molecule has 4 aromatic rings. The van der Waals surface area contributed by atoms with E-state index in [1.165, 1.54) is 6.92 Å². The van der Waals surface area contributed by atoms with Crippen molar-refractivity contribution in [2.24, 2.45) is 0 Å². The second-order valence-corrected chi connectivity index (χ2v) is 7.92. The van der Waals surface area contributed by atoms with Gasteiger partial charge in [-0.05, 0) is 48.0 Å². The first-order valence-electron chi connectivity index (χ1n) is 11.4. The Morgan fingerprint density at radius 2 is 1.56 bits per heavy atom. The highest BCUT2D eigenvalue weighted by Gasteiger charge is 2.25. The van der Waals surface area contributed by atoms with E-state index in [0.717, 1.165) is 16.8 Å². The van der Waals surface area contributed by atoms with Crippen LogP contribution < -0.4 is 19.5 Å². The van der Waals surface area contributed by atoms with Crippen molar-refractivity contribution in [1.29, 1.82) is 0 Å². The van der Waals surface area contributed by atoms with Gasteiger partial charge in [-0.25, -0.2) is 0 Å². The number of nitrogens with zero attached hydrogens (tertiary/aromatic N) is 2. The van der Waals surface area contributed by atoms with Gasteiger partial charge in [-0.3, -0.25) is 9.59 Å². The van der Waals surface area contributed by atoms with Crippen LogP contribution in [0.5, 0.6) is 17.4 Å². The lowest BCUT2D eigenvalue weighted by atomic mass is 10.0. The van der Waals surface area contributed by atoms with Crippen molar-refractivity contribution in [1.82, 2.24) is 9.78 Å². The van der Waals surface area contributed by atoms with E-state index in [1.54, 1.807) is 44.0 Å². The lowest BCUT2D eigenvalue weighted by Gasteiger charge is -2.11. The van der Waals surface area contributed by atoms with E-state index >= 15 is 0 Å². The third kappa shape index (κ3) is 5.07. The standard InChI is InChI=1S/C28H27N3O5/c1-5-25(33)29-21-14-11-19(12-15-21)26-27(20-13-16-23(34-3)24(17-20)35-4)30-31(28(26)36-18(2)32)22-9-7-6-8-10-22/h6-17H,5H2,1-4H3,(H,29,33). The first-order valence-corrected chi connectivity index (χ1v) is 11.4. The van der Waals surface area contributed by atoms with Crippen molar-refractivity contribution >= 4 is 17.6 Å². The summed E-state index contributed by atoms with van der Waals surface area (Å²) in [6.45, 7) is 3.15. The highest BCUT2D eigenvalue weighted by molar-refractivity contribution is 5.92. The molecule has 0 aliphatic rings. The van der Waals surface area contributed by atoms with Crippen molar-refractivity contribution in [2.75, 3.05) is 19.5 Å². The second kappa shape index (κ2) is 10.8. The molecule has 0 aliphatic heterocycles. The molecule has 0 fully saturated rings. The average Bonchev–Trinajstić information content (AvgIpc) is 3.27. The summed E-state index contributed by atoms with van der Waals surface area (Å²) in [5.41, 5.74) is 4.11. The van der Waals surface area contributed by atoms with Crippen molar-refractivity contribution in [3.63, 3.8) is 0 Å². The van der Waals surface area contributed by atoms with Gasteiger partial charge < -0.3 is 19.5 Å². The number of nitrogens with one attached hydrogen (secondary N) is 1. The zero-order valence-corrected chi connectivity index (χ0v) is 20.6. The van der Waals surface area contributed by atoms with E-state index in [-0.39, 0.29) is 11.8 Å². The summed E-state index contributed by atoms with van der Waals surface area (Å²) in [5, 5.41) is 7.72. The fraction of sp³-hybridized carbons (Fsp3) is 0.179. The molecule has 0 atom stereocenters. The lowest BCUT2D eigenvalue weighted by molar-refractivity contribution is -0.132. The van der Waals surface area contributed by atoms with E-state index in [0.29, 0.717) is 34.9 Å². The number of amides is 1. The van der Waals surface area contributed by atoms with Crippen LogP contribution in [0, 0.1) is 0 Å². The number of esters is 1. The van der Waals surface area contributed by atoms with Gasteiger partial charge in [0.25, 0.3) is 0 Å². The summed E-state index contributed by atoms with van der Waals surface area (Å²) in [7, 11) is 3.14. The fourth-order valence-electron chi connectivity index (χ4n) is 3.79. The predicted octanol–water partition coefficient (Wildman–Crippen LogP) is 5.50. The number of carbonyl (C=O) groups excluding carboxylic acids is 2. The average molecular weight is 486 g/mol. The van der Waals surface area contributed by atoms with Crippen molar-refractivity contribution in [3.8, 4) is 45.5 Å². The van der Waals surface area contributed by atoms with Crippen LogP contribution in [0.15, 0.2) is 72.8 Å². The van der Waals surface area contributed by atoms with Crippen LogP contribution in [0.3, 0.4) is 0 Å². The highest BCUT2D eigenvalue weighted by atomic mass is 16.5. The summed E-state index contributed by atoms with van der Waals surface area (Å²) < 4.78 is 18.2. The number of aromatic nitrogens is 2. The first kappa shape index (κ1) is 24.5. The first-order chi connectivity index (χ1) is 17.4. The molecule has 0 unspecified atom stereocenters. The second-order valence-electron chi connectivity index (χ2n) is 7.92. The molecule has 1 amide bonds. The summed E-state index contributed by atoms with van der Waals surface area (Å²) in [6, 6.07) is 22.2. The Bertz CT molecular complexity index is 1380. The predicted molar refractivity (Wildman–Crippen MR) is 138 cm³/mol. The molecular formula is C28H27N3O5. The van der Waals surface area contributed by atoms with Crippen LogP contribution in [-0.4, -0.2) is 35.9 Å². The maximum Gasteiger partial charge on any atom is 0.309 e. The minimum atomic E-state index is -0.473. The van der Waals surface area contributed by atoms with Gasteiger partial charge >= 0.3 is 5.97 Å². The number of hydrogen-bond acceptors (Lipinski definition) is 6. The van der Waals surface area contributed by atoms with Crippen LogP contribution in [0.2, 0.25) is 0 Å². The number of ether oxygens (including phenoxy) is 3. The molecular weight excluding hydrogens is 458 g/mol. The number of para-hydroxylation sites is 1.